The van der Waals surface area contributed by atoms with E-state index in [1.807, 2.05) is 40.9 Å². The number of amides is 1. The number of aromatic nitrogens is 2. The van der Waals surface area contributed by atoms with Crippen LogP contribution in [0.2, 0.25) is 0 Å². The quantitative estimate of drug-likeness (QED) is 0.264. The first-order valence-electron chi connectivity index (χ1n) is 13.1. The molecule has 2 saturated heterocycles. The topological polar surface area (TPSA) is 61.7 Å². The molecule has 0 bridgehead atoms. The number of nitrogens with one attached hydrogen (secondary N) is 2. The minimum absolute atomic E-state index is 0. The highest BCUT2D eigenvalue weighted by atomic mass is 35.5. The third kappa shape index (κ3) is 6.38. The number of benzene rings is 2. The highest BCUT2D eigenvalue weighted by Crippen LogP contribution is 2.32. The third-order valence-corrected chi connectivity index (χ3v) is 8.63. The minimum atomic E-state index is -0.663. The van der Waals surface area contributed by atoms with Crippen LogP contribution in [0.5, 0.6) is 0 Å². The normalized spacial score (nSPS) is 18.3. The molecule has 1 unspecified atom stereocenters. The average molecular weight is 597 g/mol. The Morgan fingerprint density at radius 3 is 2.69 bits per heavy atom. The van der Waals surface area contributed by atoms with E-state index in [0.717, 1.165) is 66.3 Å². The fourth-order valence-corrected chi connectivity index (χ4v) is 6.48. The average Bonchev–Trinajstić information content (AvgIpc) is 3.64. The largest absolute Gasteiger partial charge is 0.352 e. The second kappa shape index (κ2) is 12.9. The molecule has 1 atom stereocenters. The van der Waals surface area contributed by atoms with Crippen LogP contribution in [0.4, 0.5) is 8.78 Å². The van der Waals surface area contributed by atoms with Gasteiger partial charge in [-0.05, 0) is 80.6 Å². The van der Waals surface area contributed by atoms with Gasteiger partial charge in [0, 0.05) is 43.5 Å². The van der Waals surface area contributed by atoms with Crippen LogP contribution < -0.4 is 10.6 Å². The maximum Gasteiger partial charge on any atom is 0.251 e. The van der Waals surface area contributed by atoms with E-state index in [1.165, 1.54) is 11.3 Å². The Kier molecular flexibility index (Phi) is 9.82. The maximum atomic E-state index is 15.0. The van der Waals surface area contributed by atoms with Crippen LogP contribution in [-0.4, -0.2) is 65.6 Å². The van der Waals surface area contributed by atoms with E-state index in [1.54, 1.807) is 6.07 Å². The Hall–Kier alpha value is -2.30. The van der Waals surface area contributed by atoms with Crippen molar-refractivity contribution in [1.29, 1.82) is 0 Å². The van der Waals surface area contributed by atoms with Crippen molar-refractivity contribution < 1.29 is 13.6 Å². The number of thiazole rings is 1. The maximum absolute atomic E-state index is 15.0. The van der Waals surface area contributed by atoms with Gasteiger partial charge in [0.15, 0.2) is 4.96 Å². The molecule has 6 nitrogen and oxygen atoms in total. The van der Waals surface area contributed by atoms with E-state index in [2.05, 4.69) is 15.5 Å². The van der Waals surface area contributed by atoms with E-state index in [4.69, 9.17) is 4.98 Å². The SMILES string of the molecule is Cl.Cl.O=C(NCCCN1CCC(F)CC1)c1ccc2c(c1)sc1nc(-c3ccc(C4CCNC4)cc3F)cn12. The van der Waals surface area contributed by atoms with Crippen molar-refractivity contribution in [3.63, 3.8) is 0 Å². The summed E-state index contributed by atoms with van der Waals surface area (Å²) in [6.07, 6.45) is 4.30. The molecule has 11 heteroatoms. The lowest BCUT2D eigenvalue weighted by Crippen LogP contribution is -2.36. The van der Waals surface area contributed by atoms with E-state index in [9.17, 15) is 13.6 Å². The van der Waals surface area contributed by atoms with Crippen LogP contribution in [0.15, 0.2) is 42.6 Å². The van der Waals surface area contributed by atoms with Gasteiger partial charge in [-0.2, -0.15) is 0 Å². The number of imidazole rings is 1. The Morgan fingerprint density at radius 2 is 1.95 bits per heavy atom. The number of piperidine rings is 1. The Bertz CT molecular complexity index is 1430. The molecular weight excluding hydrogens is 563 g/mol. The fraction of sp³-hybridized carbons (Fsp3) is 0.429. The Balaban J connectivity index is 0.00000176. The van der Waals surface area contributed by atoms with Crippen molar-refractivity contribution in [1.82, 2.24) is 24.9 Å². The number of alkyl halides is 1. The van der Waals surface area contributed by atoms with Gasteiger partial charge in [0.2, 0.25) is 0 Å². The summed E-state index contributed by atoms with van der Waals surface area (Å²) in [5, 5.41) is 6.33. The molecule has 210 valence electrons. The van der Waals surface area contributed by atoms with Crippen molar-refractivity contribution >= 4 is 57.2 Å². The highest BCUT2D eigenvalue weighted by Gasteiger charge is 2.20. The lowest BCUT2D eigenvalue weighted by molar-refractivity contribution is 0.0950. The van der Waals surface area contributed by atoms with Crippen molar-refractivity contribution in [3.05, 3.63) is 59.5 Å². The zero-order valence-electron chi connectivity index (χ0n) is 21.5. The summed E-state index contributed by atoms with van der Waals surface area (Å²) in [6, 6.07) is 11.1. The number of hydrogen-bond acceptors (Lipinski definition) is 5. The first-order chi connectivity index (χ1) is 18.0. The molecule has 2 N–H and O–H groups in total. The van der Waals surface area contributed by atoms with Crippen LogP contribution in [0.1, 0.15) is 47.5 Å². The number of likely N-dealkylation sites (tertiary alicyclic amines) is 1. The second-order valence-corrected chi connectivity index (χ2v) is 11.1. The predicted octanol–water partition coefficient (Wildman–Crippen LogP) is 5.83. The number of carbonyl (C=O) groups excluding carboxylic acids is 1. The first kappa shape index (κ1) is 29.7. The molecule has 0 radical (unpaired) electrons. The number of fused-ring (bicyclic) bond motifs is 3. The number of rotatable bonds is 7. The molecule has 2 fully saturated rings. The number of nitrogens with zero attached hydrogens (tertiary/aromatic N) is 3. The highest BCUT2D eigenvalue weighted by molar-refractivity contribution is 7.23. The molecule has 6 rings (SSSR count). The first-order valence-corrected chi connectivity index (χ1v) is 13.9. The third-order valence-electron chi connectivity index (χ3n) is 7.61. The van der Waals surface area contributed by atoms with Gasteiger partial charge >= 0.3 is 0 Å². The van der Waals surface area contributed by atoms with Gasteiger partial charge in [0.25, 0.3) is 5.91 Å². The zero-order chi connectivity index (χ0) is 25.4. The summed E-state index contributed by atoms with van der Waals surface area (Å²) in [6.45, 7) is 4.92. The Morgan fingerprint density at radius 1 is 1.13 bits per heavy atom. The molecule has 4 heterocycles. The van der Waals surface area contributed by atoms with Crippen LogP contribution >= 0.6 is 36.2 Å². The van der Waals surface area contributed by atoms with Gasteiger partial charge in [-0.1, -0.05) is 17.4 Å². The minimum Gasteiger partial charge on any atom is -0.352 e. The molecule has 2 aromatic carbocycles. The second-order valence-electron chi connectivity index (χ2n) is 10.1. The predicted molar refractivity (Wildman–Crippen MR) is 158 cm³/mol. The van der Waals surface area contributed by atoms with Crippen LogP contribution in [0.3, 0.4) is 0 Å². The van der Waals surface area contributed by atoms with Gasteiger partial charge in [-0.15, -0.1) is 24.8 Å². The van der Waals surface area contributed by atoms with Crippen molar-refractivity contribution in [2.75, 3.05) is 39.3 Å². The summed E-state index contributed by atoms with van der Waals surface area (Å²) in [5.74, 6) is 0.0191. The van der Waals surface area contributed by atoms with Gasteiger partial charge in [0.05, 0.1) is 15.9 Å². The standard InChI is InChI=1S/C28H31F2N5OS.2ClH/c29-21-7-12-34(13-8-21)11-1-9-32-27(36)19-3-5-25-26(15-19)37-28-33-24(17-35(25)28)22-4-2-18(14-23(22)30)20-6-10-31-16-20;;/h2-5,14-15,17,20-21,31H,1,6-13,16H2,(H,32,36);2*1H. The summed E-state index contributed by atoms with van der Waals surface area (Å²) >= 11 is 1.49. The smallest absolute Gasteiger partial charge is 0.251 e. The van der Waals surface area contributed by atoms with Crippen molar-refractivity contribution in [2.24, 2.45) is 0 Å². The summed E-state index contributed by atoms with van der Waals surface area (Å²) < 4.78 is 31.2. The number of hydrogen-bond donors (Lipinski definition) is 2. The number of halogens is 4. The summed E-state index contributed by atoms with van der Waals surface area (Å²) in [4.78, 5) is 20.4. The van der Waals surface area contributed by atoms with E-state index < -0.39 is 6.17 Å². The van der Waals surface area contributed by atoms with Gasteiger partial charge < -0.3 is 15.5 Å². The molecule has 0 saturated carbocycles. The number of carbonyl (C=O) groups is 1. The van der Waals surface area contributed by atoms with E-state index >= 15 is 0 Å². The molecule has 2 aliphatic heterocycles. The van der Waals surface area contributed by atoms with Gasteiger partial charge in [0.1, 0.15) is 12.0 Å². The van der Waals surface area contributed by atoms with Crippen molar-refractivity contribution in [2.45, 2.75) is 37.8 Å². The van der Waals surface area contributed by atoms with Crippen LogP contribution in [0.25, 0.3) is 26.4 Å². The van der Waals surface area contributed by atoms with E-state index in [-0.39, 0.29) is 36.5 Å². The summed E-state index contributed by atoms with van der Waals surface area (Å²) in [5.41, 5.74) is 3.70. The van der Waals surface area contributed by atoms with Crippen LogP contribution in [-0.2, 0) is 0 Å². The zero-order valence-corrected chi connectivity index (χ0v) is 23.9. The van der Waals surface area contributed by atoms with Crippen LogP contribution in [0, 0.1) is 5.82 Å². The molecule has 4 aromatic rings. The Labute approximate surface area is 243 Å². The molecular formula is C28H33Cl2F2N5OS. The lowest BCUT2D eigenvalue weighted by atomic mass is 9.96. The molecule has 2 aliphatic rings. The molecule has 39 heavy (non-hydrogen) atoms. The fourth-order valence-electron chi connectivity index (χ4n) is 5.44. The van der Waals surface area contributed by atoms with Gasteiger partial charge in [-0.3, -0.25) is 9.20 Å². The van der Waals surface area contributed by atoms with E-state index in [0.29, 0.717) is 42.1 Å². The molecule has 2 aromatic heterocycles. The van der Waals surface area contributed by atoms with Crippen molar-refractivity contribution in [3.8, 4) is 11.3 Å². The molecule has 1 amide bonds. The molecule has 0 spiro atoms. The monoisotopic (exact) mass is 595 g/mol. The van der Waals surface area contributed by atoms with Gasteiger partial charge in [-0.25, -0.2) is 13.8 Å². The summed E-state index contributed by atoms with van der Waals surface area (Å²) in [7, 11) is 0. The lowest BCUT2D eigenvalue weighted by Gasteiger charge is -2.28. The molecule has 0 aliphatic carbocycles.